The molecular formula is C22H32N2O3S. The summed E-state index contributed by atoms with van der Waals surface area (Å²) in [6.07, 6.45) is 4.35. The Bertz CT molecular complexity index is 756. The van der Waals surface area contributed by atoms with E-state index >= 15 is 0 Å². The largest absolute Gasteiger partial charge is 0.493 e. The monoisotopic (exact) mass is 404 g/mol. The molecule has 1 unspecified atom stereocenters. The zero-order valence-electron chi connectivity index (χ0n) is 17.4. The molecule has 5 nitrogen and oxygen atoms in total. The SMILES string of the molecule is CCCCNC(=S)O[C@@H]1C[C@@H]2Oc3c(OC)ccc4c3[C@]2(CCN(C)C4)C1C. The van der Waals surface area contributed by atoms with Crippen molar-refractivity contribution in [2.45, 2.75) is 63.7 Å². The summed E-state index contributed by atoms with van der Waals surface area (Å²) in [4.78, 5) is 2.41. The lowest BCUT2D eigenvalue weighted by Crippen LogP contribution is -2.41. The van der Waals surface area contributed by atoms with Crippen molar-refractivity contribution in [2.24, 2.45) is 5.92 Å². The topological polar surface area (TPSA) is 43.0 Å². The Morgan fingerprint density at radius 3 is 3.00 bits per heavy atom. The lowest BCUT2D eigenvalue weighted by molar-refractivity contribution is 0.120. The standard InChI is InChI=1S/C22H32N2O3S/c1-5-6-10-23-21(28)26-17-12-18-22(14(17)2)9-11-24(3)13-15-7-8-16(25-4)20(27-18)19(15)22/h7-8,14,17-18H,5-6,9-13H2,1-4H3,(H,23,28)/t14?,17-,18+,22-/m1/s1. The van der Waals surface area contributed by atoms with Crippen LogP contribution in [-0.2, 0) is 16.7 Å². The highest BCUT2D eigenvalue weighted by molar-refractivity contribution is 7.80. The average Bonchev–Trinajstić information content (AvgIpc) is 3.06. The molecule has 3 aliphatic rings. The van der Waals surface area contributed by atoms with E-state index in [-0.39, 0.29) is 17.6 Å². The molecule has 4 atom stereocenters. The molecule has 1 fully saturated rings. The summed E-state index contributed by atoms with van der Waals surface area (Å²) in [7, 11) is 3.92. The van der Waals surface area contributed by atoms with Crippen LogP contribution in [0.5, 0.6) is 11.5 Å². The summed E-state index contributed by atoms with van der Waals surface area (Å²) in [6, 6.07) is 4.26. The van der Waals surface area contributed by atoms with Crippen molar-refractivity contribution in [1.82, 2.24) is 10.2 Å². The number of unbranched alkanes of at least 4 members (excludes halogenated alkanes) is 1. The van der Waals surface area contributed by atoms with E-state index in [1.165, 1.54) is 11.1 Å². The zero-order chi connectivity index (χ0) is 19.9. The van der Waals surface area contributed by atoms with Crippen LogP contribution >= 0.6 is 12.2 Å². The van der Waals surface area contributed by atoms with Crippen molar-refractivity contribution >= 4 is 17.4 Å². The van der Waals surface area contributed by atoms with Crippen LogP contribution in [0.25, 0.3) is 0 Å². The van der Waals surface area contributed by atoms with Gasteiger partial charge in [0, 0.05) is 36.4 Å². The number of thiocarbonyl (C=S) groups is 1. The number of benzene rings is 1. The Kier molecular flexibility index (Phi) is 5.45. The fraction of sp³-hybridized carbons (Fsp3) is 0.682. The van der Waals surface area contributed by atoms with Gasteiger partial charge in [0.05, 0.1) is 7.11 Å². The smallest absolute Gasteiger partial charge is 0.256 e. The molecule has 1 aromatic carbocycles. The number of rotatable bonds is 5. The van der Waals surface area contributed by atoms with E-state index in [9.17, 15) is 0 Å². The molecule has 0 amide bonds. The van der Waals surface area contributed by atoms with Gasteiger partial charge in [0.2, 0.25) is 0 Å². The highest BCUT2D eigenvalue weighted by Gasteiger charge is 2.62. The van der Waals surface area contributed by atoms with Crippen molar-refractivity contribution in [3.63, 3.8) is 0 Å². The van der Waals surface area contributed by atoms with Gasteiger partial charge in [0.1, 0.15) is 12.2 Å². The fourth-order valence-electron chi connectivity index (χ4n) is 5.41. The highest BCUT2D eigenvalue weighted by Crippen LogP contribution is 2.61. The second-order valence-electron chi connectivity index (χ2n) is 8.51. The molecule has 1 N–H and O–H groups in total. The Morgan fingerprint density at radius 2 is 2.25 bits per heavy atom. The van der Waals surface area contributed by atoms with Crippen LogP contribution in [-0.4, -0.2) is 49.5 Å². The second kappa shape index (κ2) is 7.71. The van der Waals surface area contributed by atoms with Crippen molar-refractivity contribution in [2.75, 3.05) is 27.2 Å². The Labute approximate surface area is 173 Å². The molecule has 1 spiro atoms. The van der Waals surface area contributed by atoms with Crippen molar-refractivity contribution < 1.29 is 14.2 Å². The van der Waals surface area contributed by atoms with Crippen LogP contribution < -0.4 is 14.8 Å². The average molecular weight is 405 g/mol. The minimum Gasteiger partial charge on any atom is -0.493 e. The van der Waals surface area contributed by atoms with E-state index < -0.39 is 0 Å². The van der Waals surface area contributed by atoms with Gasteiger partial charge >= 0.3 is 0 Å². The van der Waals surface area contributed by atoms with Crippen molar-refractivity contribution in [3.8, 4) is 11.5 Å². The molecule has 0 saturated heterocycles. The van der Waals surface area contributed by atoms with Crippen LogP contribution in [0.2, 0.25) is 0 Å². The number of hydrogen-bond acceptors (Lipinski definition) is 5. The predicted octanol–water partition coefficient (Wildman–Crippen LogP) is 3.63. The van der Waals surface area contributed by atoms with E-state index in [1.54, 1.807) is 7.11 Å². The predicted molar refractivity (Wildman–Crippen MR) is 114 cm³/mol. The van der Waals surface area contributed by atoms with Crippen LogP contribution in [0.1, 0.15) is 50.7 Å². The molecule has 0 bridgehead atoms. The van der Waals surface area contributed by atoms with Crippen LogP contribution in [0.3, 0.4) is 0 Å². The highest BCUT2D eigenvalue weighted by atomic mass is 32.1. The van der Waals surface area contributed by atoms with Gasteiger partial charge in [0.25, 0.3) is 5.17 Å². The Hall–Kier alpha value is -1.53. The van der Waals surface area contributed by atoms with Crippen LogP contribution in [0, 0.1) is 5.92 Å². The lowest BCUT2D eigenvalue weighted by Gasteiger charge is -2.34. The molecule has 154 valence electrons. The molecule has 4 rings (SSSR count). The number of methoxy groups -OCH3 is 1. The second-order valence-corrected chi connectivity index (χ2v) is 8.88. The molecular weight excluding hydrogens is 372 g/mol. The summed E-state index contributed by atoms with van der Waals surface area (Å²) in [6.45, 7) is 7.35. The molecule has 1 aliphatic carbocycles. The molecule has 2 aliphatic heterocycles. The maximum Gasteiger partial charge on any atom is 0.256 e. The Morgan fingerprint density at radius 1 is 1.43 bits per heavy atom. The van der Waals surface area contributed by atoms with E-state index in [0.29, 0.717) is 11.1 Å². The fourth-order valence-corrected chi connectivity index (χ4v) is 5.64. The molecule has 2 heterocycles. The minimum absolute atomic E-state index is 0.0341. The molecule has 1 aromatic rings. The van der Waals surface area contributed by atoms with Gasteiger partial charge < -0.3 is 24.4 Å². The maximum atomic E-state index is 6.55. The first-order chi connectivity index (χ1) is 13.5. The molecule has 0 radical (unpaired) electrons. The minimum atomic E-state index is -0.0341. The number of nitrogens with zero attached hydrogens (tertiary/aromatic N) is 1. The van der Waals surface area contributed by atoms with E-state index in [0.717, 1.165) is 56.8 Å². The van der Waals surface area contributed by atoms with Gasteiger partial charge in [-0.3, -0.25) is 0 Å². The lowest BCUT2D eigenvalue weighted by atomic mass is 9.69. The zero-order valence-corrected chi connectivity index (χ0v) is 18.2. The van der Waals surface area contributed by atoms with Gasteiger partial charge in [-0.15, -0.1) is 0 Å². The molecule has 28 heavy (non-hydrogen) atoms. The van der Waals surface area contributed by atoms with Gasteiger partial charge in [0.15, 0.2) is 11.5 Å². The number of hydrogen-bond donors (Lipinski definition) is 1. The summed E-state index contributed by atoms with van der Waals surface area (Å²) >= 11 is 5.46. The van der Waals surface area contributed by atoms with E-state index in [1.807, 2.05) is 6.07 Å². The summed E-state index contributed by atoms with van der Waals surface area (Å²) in [5.74, 6) is 2.12. The maximum absolute atomic E-state index is 6.55. The third kappa shape index (κ3) is 3.05. The van der Waals surface area contributed by atoms with Crippen molar-refractivity contribution in [1.29, 1.82) is 0 Å². The van der Waals surface area contributed by atoms with Gasteiger partial charge in [-0.1, -0.05) is 26.3 Å². The number of nitrogens with one attached hydrogen (secondary N) is 1. The van der Waals surface area contributed by atoms with Gasteiger partial charge in [-0.05, 0) is 50.3 Å². The summed E-state index contributed by atoms with van der Waals surface area (Å²) in [5.41, 5.74) is 2.67. The number of ether oxygens (including phenoxy) is 3. The molecule has 0 aromatic heterocycles. The molecule has 1 saturated carbocycles. The first-order valence-electron chi connectivity index (χ1n) is 10.5. The quantitative estimate of drug-likeness (QED) is 0.597. The first kappa shape index (κ1) is 19.8. The van der Waals surface area contributed by atoms with Crippen LogP contribution in [0.15, 0.2) is 12.1 Å². The van der Waals surface area contributed by atoms with Gasteiger partial charge in [-0.2, -0.15) is 0 Å². The van der Waals surface area contributed by atoms with Crippen LogP contribution in [0.4, 0.5) is 0 Å². The summed E-state index contributed by atoms with van der Waals surface area (Å²) in [5, 5.41) is 3.78. The third-order valence-corrected chi connectivity index (χ3v) is 7.19. The Balaban J connectivity index is 1.64. The molecule has 6 heteroatoms. The first-order valence-corrected chi connectivity index (χ1v) is 10.9. The third-order valence-electron chi connectivity index (χ3n) is 6.95. The van der Waals surface area contributed by atoms with Crippen molar-refractivity contribution in [3.05, 3.63) is 23.3 Å². The van der Waals surface area contributed by atoms with E-state index in [2.05, 4.69) is 37.2 Å². The van der Waals surface area contributed by atoms with E-state index in [4.69, 9.17) is 26.4 Å². The van der Waals surface area contributed by atoms with Gasteiger partial charge in [-0.25, -0.2) is 0 Å². The summed E-state index contributed by atoms with van der Waals surface area (Å²) < 4.78 is 18.4. The normalized spacial score (nSPS) is 30.8.